The lowest BCUT2D eigenvalue weighted by molar-refractivity contribution is -0.362. The molecule has 2 aromatic rings. The Morgan fingerprint density at radius 3 is 2.00 bits per heavy atom. The van der Waals surface area contributed by atoms with Gasteiger partial charge in [0.1, 0.15) is 24.4 Å². The van der Waals surface area contributed by atoms with Crippen LogP contribution in [0, 0.1) is 11.8 Å². The predicted octanol–water partition coefficient (Wildman–Crippen LogP) is 7.05. The highest BCUT2D eigenvalue weighted by atomic mass is 28.4. The molecule has 0 saturated carbocycles. The number of aliphatic hydroxyl groups excluding tert-OH is 1. The molecular formula is C41H60O13Si2. The van der Waals surface area contributed by atoms with Gasteiger partial charge in [0.05, 0.1) is 39.5 Å². The number of hydrogen-bond donors (Lipinski definition) is 1. The molecule has 3 saturated heterocycles. The molecule has 0 amide bonds. The first-order chi connectivity index (χ1) is 26.2. The number of fused-ring (bicyclic) bond motifs is 4. The van der Waals surface area contributed by atoms with E-state index in [0.717, 1.165) is 16.7 Å². The molecule has 7 rings (SSSR count). The summed E-state index contributed by atoms with van der Waals surface area (Å²) in [7, 11) is -1.60. The average Bonchev–Trinajstić information content (AvgIpc) is 3.74. The third kappa shape index (κ3) is 7.24. The maximum atomic E-state index is 14.0. The van der Waals surface area contributed by atoms with Crippen LogP contribution in [-0.2, 0) is 32.9 Å². The molecule has 0 radical (unpaired) electrons. The number of rotatable bonds is 9. The van der Waals surface area contributed by atoms with Crippen LogP contribution in [0.15, 0.2) is 24.3 Å². The van der Waals surface area contributed by atoms with Crippen molar-refractivity contribution in [2.24, 2.45) is 11.8 Å². The minimum absolute atomic E-state index is 0.0618. The molecule has 10 atom stereocenters. The van der Waals surface area contributed by atoms with E-state index in [1.54, 1.807) is 21.1 Å². The number of carbonyl (C=O) groups is 1. The topological polar surface area (TPSA) is 139 Å². The zero-order chi connectivity index (χ0) is 40.7. The Labute approximate surface area is 332 Å². The number of methoxy groups -OCH3 is 2. The van der Waals surface area contributed by atoms with E-state index in [2.05, 4.69) is 67.7 Å². The summed E-state index contributed by atoms with van der Waals surface area (Å²) in [6.07, 6.45) is -5.53. The number of benzene rings is 2. The maximum Gasteiger partial charge on any atom is 0.310 e. The first-order valence-electron chi connectivity index (χ1n) is 19.6. The lowest BCUT2D eigenvalue weighted by Gasteiger charge is -2.51. The monoisotopic (exact) mass is 816 g/mol. The molecule has 0 spiro atoms. The Bertz CT molecular complexity index is 1780. The zero-order valence-electron chi connectivity index (χ0n) is 35.1. The summed E-state index contributed by atoms with van der Waals surface area (Å²) in [6.45, 7) is 23.7. The van der Waals surface area contributed by atoms with E-state index < -0.39 is 77.5 Å². The smallest absolute Gasteiger partial charge is 0.310 e. The van der Waals surface area contributed by atoms with Crippen molar-refractivity contribution in [1.29, 1.82) is 0 Å². The standard InChI is InChI=1S/C41H60O13Si2/c1-21-46-19-30-36(50-21)33(42)37(54-56(12,13)41(5,6)7)39(51-30)52-34-24-17-27-26(48-20-49-27)16-23(24)31(32-25(34)18-47-38(32)43)22-14-28(44-8)35(29(15-22)45-9)53-55(10,11)40(2,3)4/h14-17,21,25,30-34,36-37,39,42H,18-20H2,1-13H3/t21?,25-,30?,31+,32-,33?,34+,36?,37?,39?/m0/s1. The Balaban J connectivity index is 1.33. The molecule has 5 aliphatic rings. The van der Waals surface area contributed by atoms with Crippen molar-refractivity contribution >= 4 is 22.6 Å². The van der Waals surface area contributed by atoms with Gasteiger partial charge in [-0.25, -0.2) is 0 Å². The summed E-state index contributed by atoms with van der Waals surface area (Å²) < 4.78 is 69.0. The SMILES string of the molecule is COc1cc([C@@H]2c3cc4c(cc3[C@@H](OC3OC5COC(C)OC5C(O)C3O[Si](C)(C)C(C)(C)C)[C@H]3COC(=O)[C@H]23)OCO4)cc(OC)c1O[Si](C)(C)C(C)(C)C. The van der Waals surface area contributed by atoms with Gasteiger partial charge >= 0.3 is 5.97 Å². The van der Waals surface area contributed by atoms with Crippen LogP contribution in [0.2, 0.25) is 36.3 Å². The Morgan fingerprint density at radius 2 is 1.41 bits per heavy atom. The molecule has 1 aliphatic carbocycles. The summed E-state index contributed by atoms with van der Waals surface area (Å²) in [5.74, 6) is 0.686. The normalized spacial score (nSPS) is 31.6. The van der Waals surface area contributed by atoms with Crippen molar-refractivity contribution in [3.63, 3.8) is 0 Å². The van der Waals surface area contributed by atoms with E-state index in [1.165, 1.54) is 0 Å². The number of aliphatic hydroxyl groups is 1. The van der Waals surface area contributed by atoms with Gasteiger partial charge in [-0.05, 0) is 84.1 Å². The van der Waals surface area contributed by atoms with Crippen LogP contribution < -0.4 is 23.4 Å². The highest BCUT2D eigenvalue weighted by Crippen LogP contribution is 2.58. The molecule has 1 N–H and O–H groups in total. The Morgan fingerprint density at radius 1 is 0.804 bits per heavy atom. The second-order valence-electron chi connectivity index (χ2n) is 18.7. The zero-order valence-corrected chi connectivity index (χ0v) is 37.1. The van der Waals surface area contributed by atoms with Crippen molar-refractivity contribution in [3.05, 3.63) is 41.0 Å². The molecule has 2 aromatic carbocycles. The van der Waals surface area contributed by atoms with Gasteiger partial charge < -0.3 is 56.6 Å². The van der Waals surface area contributed by atoms with Crippen LogP contribution >= 0.6 is 0 Å². The van der Waals surface area contributed by atoms with Gasteiger partial charge in [-0.2, -0.15) is 0 Å². The summed E-state index contributed by atoms with van der Waals surface area (Å²) in [5.41, 5.74) is 2.37. The highest BCUT2D eigenvalue weighted by molar-refractivity contribution is 6.75. The van der Waals surface area contributed by atoms with E-state index in [9.17, 15) is 9.90 Å². The molecule has 3 fully saturated rings. The van der Waals surface area contributed by atoms with Gasteiger partial charge in [-0.1, -0.05) is 41.5 Å². The van der Waals surface area contributed by atoms with Crippen molar-refractivity contribution in [1.82, 2.24) is 0 Å². The van der Waals surface area contributed by atoms with Crippen LogP contribution in [0.4, 0.5) is 0 Å². The van der Waals surface area contributed by atoms with E-state index in [-0.39, 0.29) is 36.1 Å². The minimum Gasteiger partial charge on any atom is -0.539 e. The maximum absolute atomic E-state index is 14.0. The third-order valence-electron chi connectivity index (χ3n) is 13.1. The van der Waals surface area contributed by atoms with Crippen LogP contribution in [-0.4, -0.2) is 98.9 Å². The first-order valence-corrected chi connectivity index (χ1v) is 25.5. The van der Waals surface area contributed by atoms with Crippen LogP contribution in [0.3, 0.4) is 0 Å². The average molecular weight is 817 g/mol. The minimum atomic E-state index is -2.50. The number of cyclic esters (lactones) is 1. The molecule has 4 heterocycles. The van der Waals surface area contributed by atoms with Gasteiger partial charge in [0, 0.05) is 11.8 Å². The van der Waals surface area contributed by atoms with Crippen molar-refractivity contribution in [2.45, 2.75) is 134 Å². The summed E-state index contributed by atoms with van der Waals surface area (Å²) in [5, 5.41) is 11.7. The molecule has 13 nitrogen and oxygen atoms in total. The molecular weight excluding hydrogens is 757 g/mol. The predicted molar refractivity (Wildman–Crippen MR) is 211 cm³/mol. The number of esters is 1. The van der Waals surface area contributed by atoms with Gasteiger partial charge in [0.15, 0.2) is 49.6 Å². The number of ether oxygens (including phenoxy) is 9. The lowest BCUT2D eigenvalue weighted by atomic mass is 9.66. The van der Waals surface area contributed by atoms with E-state index in [1.807, 2.05) is 24.3 Å². The van der Waals surface area contributed by atoms with Crippen molar-refractivity contribution in [2.75, 3.05) is 34.2 Å². The molecule has 56 heavy (non-hydrogen) atoms. The molecule has 0 bridgehead atoms. The Kier molecular flexibility index (Phi) is 10.9. The van der Waals surface area contributed by atoms with Crippen molar-refractivity contribution < 1.29 is 61.4 Å². The fourth-order valence-corrected chi connectivity index (χ4v) is 10.2. The van der Waals surface area contributed by atoms with Crippen LogP contribution in [0.5, 0.6) is 28.7 Å². The fraction of sp³-hybridized carbons (Fsp3) is 0.683. The van der Waals surface area contributed by atoms with E-state index in [4.69, 9.17) is 51.5 Å². The van der Waals surface area contributed by atoms with E-state index >= 15 is 0 Å². The number of carbonyl (C=O) groups excluding carboxylic acids is 1. The second kappa shape index (κ2) is 14.7. The summed E-state index contributed by atoms with van der Waals surface area (Å²) in [4.78, 5) is 14.0. The molecule has 15 heteroatoms. The second-order valence-corrected chi connectivity index (χ2v) is 28.2. The molecule has 6 unspecified atom stereocenters. The molecule has 0 aromatic heterocycles. The fourth-order valence-electron chi connectivity index (χ4n) is 7.86. The van der Waals surface area contributed by atoms with Crippen LogP contribution in [0.25, 0.3) is 0 Å². The van der Waals surface area contributed by atoms with Gasteiger partial charge in [0.25, 0.3) is 8.32 Å². The van der Waals surface area contributed by atoms with Crippen molar-refractivity contribution in [3.8, 4) is 28.7 Å². The Hall–Kier alpha value is -2.90. The first kappa shape index (κ1) is 41.3. The number of hydrogen-bond acceptors (Lipinski definition) is 13. The molecule has 310 valence electrons. The quantitative estimate of drug-likeness (QED) is 0.205. The lowest BCUT2D eigenvalue weighted by Crippen LogP contribution is -2.66. The third-order valence-corrected chi connectivity index (χ3v) is 21.9. The summed E-state index contributed by atoms with van der Waals surface area (Å²) in [6, 6.07) is 7.72. The van der Waals surface area contributed by atoms with Gasteiger partial charge in [0.2, 0.25) is 6.79 Å². The van der Waals surface area contributed by atoms with Crippen LogP contribution in [0.1, 0.15) is 77.2 Å². The highest BCUT2D eigenvalue weighted by Gasteiger charge is 2.58. The summed E-state index contributed by atoms with van der Waals surface area (Å²) >= 11 is 0. The van der Waals surface area contributed by atoms with Gasteiger partial charge in [-0.3, -0.25) is 4.79 Å². The van der Waals surface area contributed by atoms with Gasteiger partial charge in [-0.15, -0.1) is 0 Å². The van der Waals surface area contributed by atoms with E-state index in [0.29, 0.717) is 28.7 Å². The largest absolute Gasteiger partial charge is 0.539 e. The molecule has 4 aliphatic heterocycles.